The van der Waals surface area contributed by atoms with Crippen molar-refractivity contribution in [1.29, 1.82) is 0 Å². The molecule has 4 saturated heterocycles. The lowest BCUT2D eigenvalue weighted by molar-refractivity contribution is -0.00377. The third-order valence-electron chi connectivity index (χ3n) is 6.96. The number of carbonyl (C=O) groups excluding carboxylic acids is 1. The highest BCUT2D eigenvalue weighted by atomic mass is 16.5. The van der Waals surface area contributed by atoms with Crippen LogP contribution in [0.25, 0.3) is 0 Å². The van der Waals surface area contributed by atoms with E-state index in [1.807, 2.05) is 42.1 Å². The van der Waals surface area contributed by atoms with E-state index in [-0.39, 0.29) is 5.91 Å². The third kappa shape index (κ3) is 2.52. The van der Waals surface area contributed by atoms with E-state index in [2.05, 4.69) is 21.9 Å². The highest BCUT2D eigenvalue weighted by molar-refractivity contribution is 5.93. The van der Waals surface area contributed by atoms with Gasteiger partial charge in [0.25, 0.3) is 5.91 Å². The Morgan fingerprint density at radius 2 is 1.85 bits per heavy atom. The van der Waals surface area contributed by atoms with Crippen LogP contribution in [0.15, 0.2) is 42.6 Å². The highest BCUT2D eigenvalue weighted by Crippen LogP contribution is 2.48. The van der Waals surface area contributed by atoms with Crippen LogP contribution in [0.1, 0.15) is 34.8 Å². The van der Waals surface area contributed by atoms with E-state index < -0.39 is 0 Å². The third-order valence-corrected chi connectivity index (χ3v) is 6.96. The highest BCUT2D eigenvalue weighted by Gasteiger charge is 2.55. The molecule has 1 aromatic carbocycles. The summed E-state index contributed by atoms with van der Waals surface area (Å²) in [5, 5.41) is 0. The Balaban J connectivity index is 1.56. The molecule has 5 nitrogen and oxygen atoms in total. The Hall–Kier alpha value is -2.27. The van der Waals surface area contributed by atoms with E-state index >= 15 is 0 Å². The van der Waals surface area contributed by atoms with E-state index in [0.717, 1.165) is 31.1 Å². The van der Waals surface area contributed by atoms with Gasteiger partial charge in [-0.05, 0) is 50.0 Å². The van der Waals surface area contributed by atoms with E-state index in [1.54, 1.807) is 7.11 Å². The number of hydrogen-bond acceptors (Lipinski definition) is 3. The maximum absolute atomic E-state index is 13.4. The molecule has 3 atom stereocenters. The number of benzene rings is 1. The fourth-order valence-electron chi connectivity index (χ4n) is 5.73. The standard InChI is InChI=1S/C22H27N3O2/c1-23-11-5-7-18(23)22(26)25-14-17(16-6-3-4-8-19(16)27-2)21-20(25)15-9-12-24(21)13-10-15/h3-8,11,15,17,20-21H,9-10,12-14H2,1-2H3/t17-,20+,21+/m1/s1. The molecule has 5 heteroatoms. The summed E-state index contributed by atoms with van der Waals surface area (Å²) in [6.07, 6.45) is 4.36. The largest absolute Gasteiger partial charge is 0.496 e. The van der Waals surface area contributed by atoms with Gasteiger partial charge in [0.15, 0.2) is 0 Å². The number of carbonyl (C=O) groups is 1. The number of para-hydroxylation sites is 1. The Bertz CT molecular complexity index is 853. The van der Waals surface area contributed by atoms with Crippen LogP contribution in [0.2, 0.25) is 0 Å². The molecular formula is C22H27N3O2. The maximum atomic E-state index is 13.4. The van der Waals surface area contributed by atoms with Gasteiger partial charge in [0, 0.05) is 37.3 Å². The van der Waals surface area contributed by atoms with Gasteiger partial charge < -0.3 is 14.2 Å². The number of amides is 1. The van der Waals surface area contributed by atoms with Crippen LogP contribution in [0, 0.1) is 5.92 Å². The molecule has 0 aliphatic carbocycles. The van der Waals surface area contributed by atoms with E-state index in [0.29, 0.717) is 23.9 Å². The first-order valence-corrected chi connectivity index (χ1v) is 9.98. The van der Waals surface area contributed by atoms with E-state index in [9.17, 15) is 4.79 Å². The van der Waals surface area contributed by atoms with Crippen LogP contribution in [-0.2, 0) is 7.05 Å². The van der Waals surface area contributed by atoms with Crippen molar-refractivity contribution in [1.82, 2.24) is 14.4 Å². The Kier molecular flexibility index (Phi) is 4.01. The molecule has 1 aromatic heterocycles. The van der Waals surface area contributed by atoms with Crippen LogP contribution in [0.4, 0.5) is 0 Å². The number of hydrogen-bond donors (Lipinski definition) is 0. The van der Waals surface area contributed by atoms with Gasteiger partial charge in [0.05, 0.1) is 13.2 Å². The summed E-state index contributed by atoms with van der Waals surface area (Å²) >= 11 is 0. The molecule has 0 radical (unpaired) electrons. The predicted octanol–water partition coefficient (Wildman–Crippen LogP) is 2.74. The predicted molar refractivity (Wildman–Crippen MR) is 104 cm³/mol. The number of likely N-dealkylation sites (tertiary alicyclic amines) is 1. The van der Waals surface area contributed by atoms with Gasteiger partial charge in [0.1, 0.15) is 11.4 Å². The molecule has 0 N–H and O–H groups in total. The van der Waals surface area contributed by atoms with Gasteiger partial charge >= 0.3 is 0 Å². The number of piperidine rings is 3. The minimum absolute atomic E-state index is 0.170. The minimum atomic E-state index is 0.170. The number of methoxy groups -OCH3 is 1. The number of rotatable bonds is 3. The van der Waals surface area contributed by atoms with Gasteiger partial charge in [-0.15, -0.1) is 0 Å². The number of nitrogens with zero attached hydrogens (tertiary/aromatic N) is 3. The van der Waals surface area contributed by atoms with E-state index in [4.69, 9.17) is 4.74 Å². The fraction of sp³-hybridized carbons (Fsp3) is 0.500. The van der Waals surface area contributed by atoms with Gasteiger partial charge in [-0.3, -0.25) is 9.69 Å². The van der Waals surface area contributed by atoms with Crippen LogP contribution in [0.3, 0.4) is 0 Å². The second-order valence-electron chi connectivity index (χ2n) is 8.16. The summed E-state index contributed by atoms with van der Waals surface area (Å²) in [7, 11) is 3.69. The summed E-state index contributed by atoms with van der Waals surface area (Å²) in [5.74, 6) is 2.03. The van der Waals surface area contributed by atoms with Crippen molar-refractivity contribution in [3.63, 3.8) is 0 Å². The first-order chi connectivity index (χ1) is 13.2. The SMILES string of the molecule is COc1ccccc1[C@H]1CN(C(=O)c2cccn2C)[C@H]2C3CCN(CC3)[C@@H]12. The molecule has 1 amide bonds. The molecule has 4 fully saturated rings. The number of aromatic nitrogens is 1. The summed E-state index contributed by atoms with van der Waals surface area (Å²) in [6.45, 7) is 3.08. The number of ether oxygens (including phenoxy) is 1. The van der Waals surface area contributed by atoms with Gasteiger partial charge in [-0.1, -0.05) is 18.2 Å². The molecular weight excluding hydrogens is 338 g/mol. The first kappa shape index (κ1) is 16.9. The smallest absolute Gasteiger partial charge is 0.270 e. The summed E-state index contributed by atoms with van der Waals surface area (Å²) < 4.78 is 7.62. The molecule has 4 aliphatic rings. The lowest BCUT2D eigenvalue weighted by Crippen LogP contribution is -2.60. The molecule has 142 valence electrons. The first-order valence-electron chi connectivity index (χ1n) is 9.98. The molecule has 2 aromatic rings. The quantitative estimate of drug-likeness (QED) is 0.839. The van der Waals surface area contributed by atoms with Crippen molar-refractivity contribution in [2.75, 3.05) is 26.7 Å². The molecule has 2 bridgehead atoms. The van der Waals surface area contributed by atoms with Crippen molar-refractivity contribution in [2.24, 2.45) is 13.0 Å². The zero-order chi connectivity index (χ0) is 18.5. The van der Waals surface area contributed by atoms with Crippen LogP contribution in [-0.4, -0.2) is 59.1 Å². The summed E-state index contributed by atoms with van der Waals surface area (Å²) in [5.41, 5.74) is 2.02. The Labute approximate surface area is 160 Å². The summed E-state index contributed by atoms with van der Waals surface area (Å²) in [6, 6.07) is 12.9. The molecule has 0 spiro atoms. The van der Waals surface area contributed by atoms with Crippen LogP contribution < -0.4 is 4.74 Å². The molecule has 0 unspecified atom stereocenters. The van der Waals surface area contributed by atoms with Crippen LogP contribution in [0.5, 0.6) is 5.75 Å². The second-order valence-corrected chi connectivity index (χ2v) is 8.16. The zero-order valence-electron chi connectivity index (χ0n) is 16.0. The average Bonchev–Trinajstić information content (AvgIpc) is 3.33. The molecule has 4 aliphatic heterocycles. The summed E-state index contributed by atoms with van der Waals surface area (Å²) in [4.78, 5) is 18.2. The normalized spacial score (nSPS) is 31.8. The number of aryl methyl sites for hydroxylation is 1. The second kappa shape index (κ2) is 6.41. The Morgan fingerprint density at radius 1 is 1.07 bits per heavy atom. The van der Waals surface area contributed by atoms with Crippen molar-refractivity contribution in [2.45, 2.75) is 30.8 Å². The number of fused-ring (bicyclic) bond motifs is 2. The molecule has 27 heavy (non-hydrogen) atoms. The van der Waals surface area contributed by atoms with Gasteiger partial charge in [-0.25, -0.2) is 0 Å². The van der Waals surface area contributed by atoms with Crippen molar-refractivity contribution >= 4 is 5.91 Å². The fourth-order valence-corrected chi connectivity index (χ4v) is 5.73. The monoisotopic (exact) mass is 365 g/mol. The minimum Gasteiger partial charge on any atom is -0.496 e. The van der Waals surface area contributed by atoms with Crippen LogP contribution >= 0.6 is 0 Å². The average molecular weight is 365 g/mol. The van der Waals surface area contributed by atoms with Crippen molar-refractivity contribution < 1.29 is 9.53 Å². The topological polar surface area (TPSA) is 37.7 Å². The molecule has 5 heterocycles. The molecule has 6 rings (SSSR count). The molecule has 0 saturated carbocycles. The van der Waals surface area contributed by atoms with Gasteiger partial charge in [-0.2, -0.15) is 0 Å². The van der Waals surface area contributed by atoms with Crippen molar-refractivity contribution in [3.8, 4) is 5.75 Å². The van der Waals surface area contributed by atoms with E-state index in [1.165, 1.54) is 18.4 Å². The van der Waals surface area contributed by atoms with Crippen molar-refractivity contribution in [3.05, 3.63) is 53.9 Å². The Morgan fingerprint density at radius 3 is 2.56 bits per heavy atom. The lowest BCUT2D eigenvalue weighted by atomic mass is 9.75. The zero-order valence-corrected chi connectivity index (χ0v) is 16.0. The lowest BCUT2D eigenvalue weighted by Gasteiger charge is -2.51. The van der Waals surface area contributed by atoms with Gasteiger partial charge in [0.2, 0.25) is 0 Å². The maximum Gasteiger partial charge on any atom is 0.270 e.